The largest absolute Gasteiger partial charge is 0.480 e. The molecule has 0 unspecified atom stereocenters. The van der Waals surface area contributed by atoms with Gasteiger partial charge in [0.1, 0.15) is 4.90 Å². The number of ether oxygens (including phenoxy) is 1. The highest BCUT2D eigenvalue weighted by Gasteiger charge is 2.17. The first-order chi connectivity index (χ1) is 11.6. The molecule has 0 atom stereocenters. The van der Waals surface area contributed by atoms with Gasteiger partial charge in [-0.3, -0.25) is 0 Å². The molecule has 122 valence electrons. The predicted octanol–water partition coefficient (Wildman–Crippen LogP) is 4.85. The van der Waals surface area contributed by atoms with E-state index in [0.29, 0.717) is 10.9 Å². The van der Waals surface area contributed by atoms with Crippen LogP contribution < -0.4 is 10.5 Å². The van der Waals surface area contributed by atoms with Gasteiger partial charge >= 0.3 is 0 Å². The molecule has 0 saturated carbocycles. The fraction of sp³-hybridized carbons (Fsp3) is 0.111. The lowest BCUT2D eigenvalue weighted by atomic mass is 10.1. The second-order valence-corrected chi connectivity index (χ2v) is 6.71. The molecule has 0 amide bonds. The Kier molecular flexibility index (Phi) is 4.92. The van der Waals surface area contributed by atoms with Crippen LogP contribution in [0.1, 0.15) is 5.56 Å². The minimum Gasteiger partial charge on any atom is -0.480 e. The third kappa shape index (κ3) is 3.63. The molecule has 0 aliphatic rings. The molecule has 0 aliphatic carbocycles. The molecule has 1 aromatic heterocycles. The third-order valence-electron chi connectivity index (χ3n) is 3.40. The van der Waals surface area contributed by atoms with Crippen LogP contribution in [0.3, 0.4) is 0 Å². The Hall–Kier alpha value is -2.24. The summed E-state index contributed by atoms with van der Waals surface area (Å²) >= 11 is 7.53. The fourth-order valence-corrected chi connectivity index (χ4v) is 3.31. The van der Waals surface area contributed by atoms with Crippen molar-refractivity contribution in [1.82, 2.24) is 9.97 Å². The summed E-state index contributed by atoms with van der Waals surface area (Å²) in [7, 11) is 1.58. The quantitative estimate of drug-likeness (QED) is 0.723. The normalized spacial score (nSPS) is 10.6. The Bertz CT molecular complexity index is 851. The van der Waals surface area contributed by atoms with Gasteiger partial charge in [0.15, 0.2) is 0 Å². The van der Waals surface area contributed by atoms with Crippen LogP contribution in [-0.2, 0) is 0 Å². The summed E-state index contributed by atoms with van der Waals surface area (Å²) in [5.41, 5.74) is 8.68. The predicted molar refractivity (Wildman–Crippen MR) is 98.7 cm³/mol. The maximum atomic E-state index is 5.99. The highest BCUT2D eigenvalue weighted by atomic mass is 35.5. The smallest absolute Gasteiger partial charge is 0.233 e. The summed E-state index contributed by atoms with van der Waals surface area (Å²) in [6.45, 7) is 2.06. The van der Waals surface area contributed by atoms with E-state index in [9.17, 15) is 0 Å². The van der Waals surface area contributed by atoms with Crippen LogP contribution in [0, 0.1) is 6.92 Å². The number of nitrogens with zero attached hydrogens (tertiary/aromatic N) is 2. The zero-order valence-corrected chi connectivity index (χ0v) is 14.9. The maximum Gasteiger partial charge on any atom is 0.233 e. The molecule has 3 rings (SSSR count). The molecule has 0 aliphatic heterocycles. The van der Waals surface area contributed by atoms with Crippen molar-refractivity contribution in [3.63, 3.8) is 0 Å². The Labute approximate surface area is 150 Å². The van der Waals surface area contributed by atoms with E-state index >= 15 is 0 Å². The van der Waals surface area contributed by atoms with Crippen LogP contribution in [0.2, 0.25) is 5.02 Å². The van der Waals surface area contributed by atoms with Crippen molar-refractivity contribution in [1.29, 1.82) is 0 Å². The first-order valence-electron chi connectivity index (χ1n) is 7.29. The fourth-order valence-electron chi connectivity index (χ4n) is 2.20. The number of methoxy groups -OCH3 is 1. The molecular formula is C18H16ClN3OS. The lowest BCUT2D eigenvalue weighted by Crippen LogP contribution is -2.02. The van der Waals surface area contributed by atoms with Crippen molar-refractivity contribution >= 4 is 29.3 Å². The van der Waals surface area contributed by atoms with Crippen molar-refractivity contribution in [3.05, 3.63) is 59.1 Å². The summed E-state index contributed by atoms with van der Waals surface area (Å²) in [5.74, 6) is 0.628. The van der Waals surface area contributed by atoms with Gasteiger partial charge in [-0.1, -0.05) is 53.2 Å². The van der Waals surface area contributed by atoms with Gasteiger partial charge in [0, 0.05) is 15.5 Å². The van der Waals surface area contributed by atoms with Crippen LogP contribution in [0.5, 0.6) is 5.88 Å². The van der Waals surface area contributed by atoms with E-state index < -0.39 is 0 Å². The summed E-state index contributed by atoms with van der Waals surface area (Å²) < 4.78 is 5.43. The van der Waals surface area contributed by atoms with Gasteiger partial charge in [-0.15, -0.1) is 0 Å². The van der Waals surface area contributed by atoms with Gasteiger partial charge < -0.3 is 10.5 Å². The van der Waals surface area contributed by atoms with E-state index in [1.165, 1.54) is 5.56 Å². The maximum absolute atomic E-state index is 5.99. The molecule has 2 N–H and O–H groups in total. The molecule has 0 bridgehead atoms. The number of benzene rings is 2. The lowest BCUT2D eigenvalue weighted by molar-refractivity contribution is 0.387. The third-order valence-corrected chi connectivity index (χ3v) is 4.74. The number of hydrogen-bond acceptors (Lipinski definition) is 5. The van der Waals surface area contributed by atoms with Crippen LogP contribution in [-0.4, -0.2) is 17.1 Å². The first-order valence-corrected chi connectivity index (χ1v) is 8.48. The number of nitrogen functional groups attached to an aromatic ring is 1. The van der Waals surface area contributed by atoms with Crippen LogP contribution in [0.25, 0.3) is 11.3 Å². The molecule has 6 heteroatoms. The number of hydrogen-bond donors (Lipinski definition) is 1. The Balaban J connectivity index is 2.11. The van der Waals surface area contributed by atoms with E-state index in [1.54, 1.807) is 18.9 Å². The number of rotatable bonds is 4. The second kappa shape index (κ2) is 7.11. The summed E-state index contributed by atoms with van der Waals surface area (Å²) in [6.07, 6.45) is 0. The molecular weight excluding hydrogens is 342 g/mol. The topological polar surface area (TPSA) is 61.0 Å². The number of aryl methyl sites for hydroxylation is 1. The molecule has 2 aromatic carbocycles. The first kappa shape index (κ1) is 16.6. The Morgan fingerprint density at radius 2 is 1.67 bits per heavy atom. The minimum atomic E-state index is 0.171. The van der Waals surface area contributed by atoms with E-state index in [2.05, 4.69) is 41.2 Å². The highest BCUT2D eigenvalue weighted by molar-refractivity contribution is 7.99. The van der Waals surface area contributed by atoms with Crippen LogP contribution in [0.15, 0.2) is 58.3 Å². The van der Waals surface area contributed by atoms with Gasteiger partial charge in [0.2, 0.25) is 11.8 Å². The average molecular weight is 358 g/mol. The molecule has 0 saturated heterocycles. The molecule has 0 fully saturated rings. The Morgan fingerprint density at radius 3 is 2.29 bits per heavy atom. The van der Waals surface area contributed by atoms with Crippen molar-refractivity contribution < 1.29 is 4.74 Å². The van der Waals surface area contributed by atoms with Gasteiger partial charge in [-0.2, -0.15) is 4.98 Å². The summed E-state index contributed by atoms with van der Waals surface area (Å²) in [5, 5.41) is 0.667. The lowest BCUT2D eigenvalue weighted by Gasteiger charge is -2.13. The van der Waals surface area contributed by atoms with E-state index in [1.807, 2.05) is 24.3 Å². The zero-order chi connectivity index (χ0) is 17.1. The Morgan fingerprint density at radius 1 is 1.00 bits per heavy atom. The van der Waals surface area contributed by atoms with Gasteiger partial charge in [0.05, 0.1) is 12.8 Å². The molecule has 0 spiro atoms. The van der Waals surface area contributed by atoms with Crippen molar-refractivity contribution in [3.8, 4) is 17.1 Å². The zero-order valence-electron chi connectivity index (χ0n) is 13.3. The number of aromatic nitrogens is 2. The molecule has 0 radical (unpaired) electrons. The van der Waals surface area contributed by atoms with Crippen molar-refractivity contribution in [2.75, 3.05) is 12.8 Å². The van der Waals surface area contributed by atoms with E-state index in [-0.39, 0.29) is 5.95 Å². The van der Waals surface area contributed by atoms with Crippen molar-refractivity contribution in [2.24, 2.45) is 0 Å². The van der Waals surface area contributed by atoms with E-state index in [4.69, 9.17) is 22.1 Å². The van der Waals surface area contributed by atoms with Crippen LogP contribution >= 0.6 is 23.4 Å². The SMILES string of the molecule is COc1nc(N)nc(-c2ccc(Cl)cc2)c1Sc1ccc(C)cc1. The minimum absolute atomic E-state index is 0.171. The van der Waals surface area contributed by atoms with Gasteiger partial charge in [-0.05, 0) is 31.2 Å². The second-order valence-electron chi connectivity index (χ2n) is 5.19. The molecule has 24 heavy (non-hydrogen) atoms. The number of nitrogens with two attached hydrogens (primary N) is 1. The van der Waals surface area contributed by atoms with Crippen LogP contribution in [0.4, 0.5) is 5.95 Å². The monoisotopic (exact) mass is 357 g/mol. The molecule has 3 aromatic rings. The average Bonchev–Trinajstić information content (AvgIpc) is 2.58. The molecule has 4 nitrogen and oxygen atoms in total. The molecule has 1 heterocycles. The summed E-state index contributed by atoms with van der Waals surface area (Å²) in [4.78, 5) is 10.5. The van der Waals surface area contributed by atoms with Gasteiger partial charge in [0.25, 0.3) is 0 Å². The van der Waals surface area contributed by atoms with Gasteiger partial charge in [-0.25, -0.2) is 4.98 Å². The summed E-state index contributed by atoms with van der Waals surface area (Å²) in [6, 6.07) is 15.7. The highest BCUT2D eigenvalue weighted by Crippen LogP contribution is 2.40. The van der Waals surface area contributed by atoms with E-state index in [0.717, 1.165) is 21.0 Å². The standard InChI is InChI=1S/C18H16ClN3OS/c1-11-3-9-14(10-4-11)24-16-15(12-5-7-13(19)8-6-12)21-18(20)22-17(16)23-2/h3-10H,1-2H3,(H2,20,21,22). The number of anilines is 1. The van der Waals surface area contributed by atoms with Crippen molar-refractivity contribution in [2.45, 2.75) is 16.7 Å². The number of halogens is 1.